The SMILES string of the molecule is O=C(CSc1ccc(F)cc1)N1CCC(n2cc(C3CC3)nn2)C1. The normalized spacial score (nSPS) is 20.5. The maximum Gasteiger partial charge on any atom is 0.233 e. The van der Waals surface area contributed by atoms with Crippen molar-refractivity contribution in [3.05, 3.63) is 42.0 Å². The fourth-order valence-corrected chi connectivity index (χ4v) is 3.79. The molecule has 2 aromatic rings. The van der Waals surface area contributed by atoms with E-state index in [9.17, 15) is 9.18 Å². The van der Waals surface area contributed by atoms with Gasteiger partial charge in [0, 0.05) is 30.1 Å². The molecule has 2 fully saturated rings. The summed E-state index contributed by atoms with van der Waals surface area (Å²) < 4.78 is 14.8. The van der Waals surface area contributed by atoms with E-state index in [1.165, 1.54) is 36.7 Å². The Morgan fingerprint density at radius 2 is 2.04 bits per heavy atom. The maximum atomic E-state index is 12.9. The van der Waals surface area contributed by atoms with E-state index in [0.717, 1.165) is 23.6 Å². The number of nitrogens with zero attached hydrogens (tertiary/aromatic N) is 4. The number of amides is 1. The number of hydrogen-bond acceptors (Lipinski definition) is 4. The van der Waals surface area contributed by atoms with Crippen LogP contribution in [-0.4, -0.2) is 44.6 Å². The summed E-state index contributed by atoms with van der Waals surface area (Å²) in [6.07, 6.45) is 5.40. The number of carbonyl (C=O) groups is 1. The molecule has 1 atom stereocenters. The van der Waals surface area contributed by atoms with Gasteiger partial charge in [0.1, 0.15) is 5.82 Å². The maximum absolute atomic E-state index is 12.9. The Kier molecular flexibility index (Phi) is 4.26. The molecular formula is C17H19FN4OS. The van der Waals surface area contributed by atoms with E-state index in [2.05, 4.69) is 10.3 Å². The Bertz CT molecular complexity index is 728. The minimum atomic E-state index is -0.258. The first-order valence-electron chi connectivity index (χ1n) is 8.27. The molecule has 126 valence electrons. The summed E-state index contributed by atoms with van der Waals surface area (Å²) in [5.74, 6) is 0.842. The van der Waals surface area contributed by atoms with Gasteiger partial charge in [0.15, 0.2) is 0 Å². The van der Waals surface area contributed by atoms with Gasteiger partial charge in [-0.2, -0.15) is 0 Å². The first kappa shape index (κ1) is 15.6. The highest BCUT2D eigenvalue weighted by Crippen LogP contribution is 2.39. The third kappa shape index (κ3) is 3.45. The Morgan fingerprint density at radius 1 is 1.25 bits per heavy atom. The highest BCUT2D eigenvalue weighted by atomic mass is 32.2. The minimum absolute atomic E-state index is 0.120. The van der Waals surface area contributed by atoms with Gasteiger partial charge < -0.3 is 4.90 Å². The van der Waals surface area contributed by atoms with Crippen molar-refractivity contribution in [3.63, 3.8) is 0 Å². The summed E-state index contributed by atoms with van der Waals surface area (Å²) in [5.41, 5.74) is 1.09. The van der Waals surface area contributed by atoms with Crippen LogP contribution in [0, 0.1) is 5.82 Å². The molecule has 0 radical (unpaired) electrons. The van der Waals surface area contributed by atoms with Gasteiger partial charge >= 0.3 is 0 Å². The average molecular weight is 346 g/mol. The minimum Gasteiger partial charge on any atom is -0.340 e. The van der Waals surface area contributed by atoms with Crippen LogP contribution in [-0.2, 0) is 4.79 Å². The Hall–Kier alpha value is -1.89. The first-order valence-corrected chi connectivity index (χ1v) is 9.25. The van der Waals surface area contributed by atoms with Crippen LogP contribution in [0.15, 0.2) is 35.4 Å². The van der Waals surface area contributed by atoms with Gasteiger partial charge in [-0.25, -0.2) is 9.07 Å². The van der Waals surface area contributed by atoms with Gasteiger partial charge in [0.05, 0.1) is 17.5 Å². The Balaban J connectivity index is 1.30. The predicted octanol–water partition coefficient (Wildman–Crippen LogP) is 2.86. The lowest BCUT2D eigenvalue weighted by Crippen LogP contribution is -2.30. The summed E-state index contributed by atoms with van der Waals surface area (Å²) in [6, 6.07) is 6.47. The zero-order valence-electron chi connectivity index (χ0n) is 13.3. The van der Waals surface area contributed by atoms with Crippen LogP contribution in [0.2, 0.25) is 0 Å². The van der Waals surface area contributed by atoms with Crippen LogP contribution in [0.25, 0.3) is 0 Å². The molecule has 1 aromatic heterocycles. The molecule has 1 aliphatic carbocycles. The predicted molar refractivity (Wildman–Crippen MR) is 89.4 cm³/mol. The molecule has 7 heteroatoms. The topological polar surface area (TPSA) is 51.0 Å². The van der Waals surface area contributed by atoms with Crippen molar-refractivity contribution in [1.82, 2.24) is 19.9 Å². The number of benzene rings is 1. The lowest BCUT2D eigenvalue weighted by atomic mass is 10.2. The van der Waals surface area contributed by atoms with Gasteiger partial charge in [0.25, 0.3) is 0 Å². The van der Waals surface area contributed by atoms with Crippen LogP contribution >= 0.6 is 11.8 Å². The number of likely N-dealkylation sites (tertiary alicyclic amines) is 1. The third-order valence-corrected chi connectivity index (χ3v) is 5.59. The first-order chi connectivity index (χ1) is 11.7. The second-order valence-corrected chi connectivity index (χ2v) is 7.47. The van der Waals surface area contributed by atoms with Crippen molar-refractivity contribution >= 4 is 17.7 Å². The monoisotopic (exact) mass is 346 g/mol. The number of rotatable bonds is 5. The molecule has 1 saturated heterocycles. The number of hydrogen-bond donors (Lipinski definition) is 0. The Labute approximate surface area is 144 Å². The van der Waals surface area contributed by atoms with E-state index < -0.39 is 0 Å². The van der Waals surface area contributed by atoms with Crippen molar-refractivity contribution in [1.29, 1.82) is 0 Å². The molecule has 0 spiro atoms. The smallest absolute Gasteiger partial charge is 0.233 e. The van der Waals surface area contributed by atoms with Crippen LogP contribution in [0.3, 0.4) is 0 Å². The highest BCUT2D eigenvalue weighted by molar-refractivity contribution is 8.00. The molecule has 2 aliphatic rings. The zero-order chi connectivity index (χ0) is 16.5. The summed E-state index contributed by atoms with van der Waals surface area (Å²) >= 11 is 1.44. The lowest BCUT2D eigenvalue weighted by molar-refractivity contribution is -0.127. The van der Waals surface area contributed by atoms with Gasteiger partial charge in [-0.05, 0) is 43.5 Å². The van der Waals surface area contributed by atoms with Crippen molar-refractivity contribution in [2.45, 2.75) is 36.1 Å². The van der Waals surface area contributed by atoms with Crippen LogP contribution in [0.1, 0.15) is 36.9 Å². The third-order valence-electron chi connectivity index (χ3n) is 4.59. The fraction of sp³-hybridized carbons (Fsp3) is 0.471. The molecular weight excluding hydrogens is 327 g/mol. The van der Waals surface area contributed by atoms with Crippen LogP contribution in [0.5, 0.6) is 0 Å². The van der Waals surface area contributed by atoms with Gasteiger partial charge in [-0.3, -0.25) is 4.79 Å². The molecule has 0 N–H and O–H groups in total. The van der Waals surface area contributed by atoms with E-state index in [4.69, 9.17) is 0 Å². The molecule has 0 bridgehead atoms. The van der Waals surface area contributed by atoms with E-state index in [1.54, 1.807) is 12.1 Å². The largest absolute Gasteiger partial charge is 0.340 e. The summed E-state index contributed by atoms with van der Waals surface area (Å²) in [5, 5.41) is 8.49. The second-order valence-electron chi connectivity index (χ2n) is 6.42. The van der Waals surface area contributed by atoms with Crippen molar-refractivity contribution in [3.8, 4) is 0 Å². The summed E-state index contributed by atoms with van der Waals surface area (Å²) in [4.78, 5) is 15.2. The van der Waals surface area contributed by atoms with Crippen molar-refractivity contribution in [2.24, 2.45) is 0 Å². The van der Waals surface area contributed by atoms with E-state index in [-0.39, 0.29) is 17.8 Å². The summed E-state index contributed by atoms with van der Waals surface area (Å²) in [6.45, 7) is 1.45. The molecule has 1 amide bonds. The zero-order valence-corrected chi connectivity index (χ0v) is 14.1. The molecule has 1 aliphatic heterocycles. The lowest BCUT2D eigenvalue weighted by Gasteiger charge is -2.16. The molecule has 5 nitrogen and oxygen atoms in total. The summed E-state index contributed by atoms with van der Waals surface area (Å²) in [7, 11) is 0. The van der Waals surface area contributed by atoms with Crippen molar-refractivity contribution < 1.29 is 9.18 Å². The van der Waals surface area contributed by atoms with Gasteiger partial charge in [0.2, 0.25) is 5.91 Å². The molecule has 1 saturated carbocycles. The number of thioether (sulfide) groups is 1. The molecule has 1 unspecified atom stereocenters. The molecule has 2 heterocycles. The highest BCUT2D eigenvalue weighted by Gasteiger charge is 2.31. The van der Waals surface area contributed by atoms with E-state index in [1.807, 2.05) is 15.8 Å². The number of carbonyl (C=O) groups excluding carboxylic acids is 1. The number of aromatic nitrogens is 3. The van der Waals surface area contributed by atoms with Gasteiger partial charge in [-0.15, -0.1) is 16.9 Å². The standard InChI is InChI=1S/C17H19FN4OS/c18-13-3-5-15(6-4-13)24-11-17(23)21-8-7-14(9-21)22-10-16(19-20-22)12-1-2-12/h3-6,10,12,14H,1-2,7-9,11H2. The molecule has 24 heavy (non-hydrogen) atoms. The van der Waals surface area contributed by atoms with Crippen LogP contribution < -0.4 is 0 Å². The Morgan fingerprint density at radius 3 is 2.79 bits per heavy atom. The second kappa shape index (κ2) is 6.55. The van der Waals surface area contributed by atoms with E-state index in [0.29, 0.717) is 18.2 Å². The average Bonchev–Trinajstić information content (AvgIpc) is 3.12. The quantitative estimate of drug-likeness (QED) is 0.781. The molecule has 1 aromatic carbocycles. The van der Waals surface area contributed by atoms with E-state index >= 15 is 0 Å². The molecule has 4 rings (SSSR count). The number of halogens is 1. The van der Waals surface area contributed by atoms with Gasteiger partial charge in [-0.1, -0.05) is 5.21 Å². The fourth-order valence-electron chi connectivity index (χ4n) is 2.99. The van der Waals surface area contributed by atoms with Crippen LogP contribution in [0.4, 0.5) is 4.39 Å². The van der Waals surface area contributed by atoms with Crippen molar-refractivity contribution in [2.75, 3.05) is 18.8 Å².